The van der Waals surface area contributed by atoms with Crippen LogP contribution in [-0.4, -0.2) is 17.1 Å². The lowest BCUT2D eigenvalue weighted by atomic mass is 10.1. The van der Waals surface area contributed by atoms with Crippen molar-refractivity contribution in [2.75, 3.05) is 7.11 Å². The van der Waals surface area contributed by atoms with Gasteiger partial charge in [-0.05, 0) is 18.2 Å². The monoisotopic (exact) mass is 252 g/mol. The summed E-state index contributed by atoms with van der Waals surface area (Å²) in [5, 5.41) is 0.506. The fourth-order valence-electron chi connectivity index (χ4n) is 1.50. The number of hydrogen-bond donors (Lipinski definition) is 2. The molecule has 0 unspecified atom stereocenters. The fourth-order valence-corrected chi connectivity index (χ4v) is 1.66. The van der Waals surface area contributed by atoms with Crippen LogP contribution in [0.3, 0.4) is 0 Å². The van der Waals surface area contributed by atoms with Crippen molar-refractivity contribution in [3.05, 3.63) is 50.3 Å². The smallest absolute Gasteiger partial charge is 0.325 e. The number of halogens is 1. The molecule has 0 aliphatic heterocycles. The van der Waals surface area contributed by atoms with Gasteiger partial charge >= 0.3 is 5.69 Å². The maximum atomic E-state index is 11.6. The van der Waals surface area contributed by atoms with Crippen LogP contribution in [0.2, 0.25) is 5.02 Å². The van der Waals surface area contributed by atoms with Gasteiger partial charge in [-0.1, -0.05) is 11.6 Å². The second kappa shape index (κ2) is 4.47. The topological polar surface area (TPSA) is 75.0 Å². The highest BCUT2D eigenvalue weighted by atomic mass is 35.5. The maximum Gasteiger partial charge on any atom is 0.325 e. The minimum atomic E-state index is -0.549. The van der Waals surface area contributed by atoms with Gasteiger partial charge in [0, 0.05) is 16.8 Å². The molecule has 0 aliphatic carbocycles. The van der Waals surface area contributed by atoms with Crippen LogP contribution in [0.25, 0.3) is 11.1 Å². The number of aromatic nitrogens is 2. The van der Waals surface area contributed by atoms with E-state index in [1.165, 1.54) is 13.3 Å². The molecular formula is C11H9ClN2O3. The van der Waals surface area contributed by atoms with Crippen molar-refractivity contribution >= 4 is 11.6 Å². The molecule has 5 nitrogen and oxygen atoms in total. The van der Waals surface area contributed by atoms with E-state index in [1.54, 1.807) is 18.2 Å². The molecule has 6 heteroatoms. The zero-order valence-corrected chi connectivity index (χ0v) is 9.67. The Morgan fingerprint density at radius 2 is 2.00 bits per heavy atom. The minimum Gasteiger partial charge on any atom is -0.496 e. The molecule has 1 heterocycles. The van der Waals surface area contributed by atoms with E-state index >= 15 is 0 Å². The van der Waals surface area contributed by atoms with Gasteiger partial charge in [0.05, 0.1) is 12.7 Å². The van der Waals surface area contributed by atoms with E-state index in [-0.39, 0.29) is 0 Å². The summed E-state index contributed by atoms with van der Waals surface area (Å²) in [7, 11) is 1.48. The predicted molar refractivity (Wildman–Crippen MR) is 64.7 cm³/mol. The van der Waals surface area contributed by atoms with Gasteiger partial charge in [-0.2, -0.15) is 0 Å². The van der Waals surface area contributed by atoms with Crippen LogP contribution in [0.5, 0.6) is 5.75 Å². The van der Waals surface area contributed by atoms with Crippen molar-refractivity contribution < 1.29 is 4.74 Å². The first-order valence-electron chi connectivity index (χ1n) is 4.77. The van der Waals surface area contributed by atoms with Crippen LogP contribution in [0, 0.1) is 0 Å². The molecule has 1 aromatic heterocycles. The van der Waals surface area contributed by atoms with Crippen molar-refractivity contribution in [1.82, 2.24) is 9.97 Å². The van der Waals surface area contributed by atoms with Crippen molar-refractivity contribution in [2.24, 2.45) is 0 Å². The van der Waals surface area contributed by atoms with E-state index in [2.05, 4.69) is 9.97 Å². The molecular weight excluding hydrogens is 244 g/mol. The average molecular weight is 253 g/mol. The summed E-state index contributed by atoms with van der Waals surface area (Å²) >= 11 is 5.82. The number of nitrogens with one attached hydrogen (secondary N) is 2. The summed E-state index contributed by atoms with van der Waals surface area (Å²) < 4.78 is 5.14. The van der Waals surface area contributed by atoms with Crippen molar-refractivity contribution in [3.8, 4) is 16.9 Å². The summed E-state index contributed by atoms with van der Waals surface area (Å²) in [5.74, 6) is 0.468. The van der Waals surface area contributed by atoms with E-state index < -0.39 is 11.2 Å². The summed E-state index contributed by atoms with van der Waals surface area (Å²) in [6, 6.07) is 4.90. The summed E-state index contributed by atoms with van der Waals surface area (Å²) in [5.41, 5.74) is -0.145. The molecule has 0 atom stereocenters. The molecule has 2 rings (SSSR count). The van der Waals surface area contributed by atoms with Crippen molar-refractivity contribution in [3.63, 3.8) is 0 Å². The quantitative estimate of drug-likeness (QED) is 0.848. The fraction of sp³-hybridized carbons (Fsp3) is 0.0909. The van der Waals surface area contributed by atoms with Gasteiger partial charge in [0.2, 0.25) is 0 Å². The molecule has 0 bridgehead atoms. The molecule has 2 N–H and O–H groups in total. The van der Waals surface area contributed by atoms with Crippen LogP contribution in [-0.2, 0) is 0 Å². The lowest BCUT2D eigenvalue weighted by Crippen LogP contribution is -2.22. The second-order valence-electron chi connectivity index (χ2n) is 3.33. The number of hydrogen-bond acceptors (Lipinski definition) is 3. The van der Waals surface area contributed by atoms with Gasteiger partial charge in [-0.25, -0.2) is 4.79 Å². The Morgan fingerprint density at radius 3 is 2.65 bits per heavy atom. The first-order valence-corrected chi connectivity index (χ1v) is 5.15. The van der Waals surface area contributed by atoms with Gasteiger partial charge in [0.1, 0.15) is 5.75 Å². The number of methoxy groups -OCH3 is 1. The standard InChI is InChI=1S/C11H9ClN2O3/c1-17-9-4-6(12)2-3-7(9)8-5-13-11(16)14-10(8)15/h2-5H,1H3,(H2,13,14,15,16). The number of benzene rings is 1. The molecule has 0 saturated carbocycles. The molecule has 1 aromatic carbocycles. The lowest BCUT2D eigenvalue weighted by Gasteiger charge is -2.07. The predicted octanol–water partition coefficient (Wildman–Crippen LogP) is 1.39. The Labute approximate surface area is 101 Å². The Morgan fingerprint density at radius 1 is 1.24 bits per heavy atom. The molecule has 0 spiro atoms. The zero-order chi connectivity index (χ0) is 12.4. The van der Waals surface area contributed by atoms with E-state index in [0.717, 1.165) is 0 Å². The van der Waals surface area contributed by atoms with E-state index in [1.807, 2.05) is 0 Å². The number of rotatable bonds is 2. The first kappa shape index (κ1) is 11.5. The first-order chi connectivity index (χ1) is 8.11. The maximum absolute atomic E-state index is 11.6. The summed E-state index contributed by atoms with van der Waals surface area (Å²) in [4.78, 5) is 27.1. The SMILES string of the molecule is COc1cc(Cl)ccc1-c1c[nH]c(=O)[nH]c1=O. The molecule has 88 valence electrons. The number of ether oxygens (including phenoxy) is 1. The second-order valence-corrected chi connectivity index (χ2v) is 3.77. The van der Waals surface area contributed by atoms with E-state index in [4.69, 9.17) is 16.3 Å². The average Bonchev–Trinajstić information content (AvgIpc) is 2.30. The Bertz CT molecular complexity index is 660. The molecule has 17 heavy (non-hydrogen) atoms. The largest absolute Gasteiger partial charge is 0.496 e. The summed E-state index contributed by atoms with van der Waals surface area (Å²) in [6.45, 7) is 0. The Hall–Kier alpha value is -2.01. The highest BCUT2D eigenvalue weighted by Crippen LogP contribution is 2.29. The highest BCUT2D eigenvalue weighted by molar-refractivity contribution is 6.30. The van der Waals surface area contributed by atoms with Gasteiger partial charge in [0.25, 0.3) is 5.56 Å². The van der Waals surface area contributed by atoms with Crippen LogP contribution in [0.4, 0.5) is 0 Å². The number of H-pyrrole nitrogens is 2. The molecule has 0 aliphatic rings. The molecule has 0 radical (unpaired) electrons. The number of aromatic amines is 2. The third-order valence-electron chi connectivity index (χ3n) is 2.27. The summed E-state index contributed by atoms with van der Waals surface area (Å²) in [6.07, 6.45) is 1.34. The van der Waals surface area contributed by atoms with Gasteiger partial charge in [0.15, 0.2) is 0 Å². The van der Waals surface area contributed by atoms with Gasteiger partial charge in [-0.3, -0.25) is 9.78 Å². The van der Waals surface area contributed by atoms with Gasteiger partial charge in [-0.15, -0.1) is 0 Å². The molecule has 0 saturated heterocycles. The van der Waals surface area contributed by atoms with Crippen LogP contribution in [0.15, 0.2) is 34.0 Å². The minimum absolute atomic E-state index is 0.318. The Kier molecular flexibility index (Phi) is 3.01. The Balaban J connectivity index is 2.68. The zero-order valence-electron chi connectivity index (χ0n) is 8.91. The van der Waals surface area contributed by atoms with E-state index in [0.29, 0.717) is 21.9 Å². The highest BCUT2D eigenvalue weighted by Gasteiger charge is 2.10. The lowest BCUT2D eigenvalue weighted by molar-refractivity contribution is 0.416. The third kappa shape index (κ3) is 2.24. The van der Waals surface area contributed by atoms with Crippen LogP contribution < -0.4 is 16.0 Å². The molecule has 0 amide bonds. The molecule has 0 fully saturated rings. The molecule has 2 aromatic rings. The van der Waals surface area contributed by atoms with E-state index in [9.17, 15) is 9.59 Å². The van der Waals surface area contributed by atoms with Gasteiger partial charge < -0.3 is 9.72 Å². The van der Waals surface area contributed by atoms with Crippen molar-refractivity contribution in [1.29, 1.82) is 0 Å². The van der Waals surface area contributed by atoms with Crippen LogP contribution >= 0.6 is 11.6 Å². The van der Waals surface area contributed by atoms with Crippen LogP contribution in [0.1, 0.15) is 0 Å². The third-order valence-corrected chi connectivity index (χ3v) is 2.51. The van der Waals surface area contributed by atoms with Crippen molar-refractivity contribution in [2.45, 2.75) is 0 Å². The normalized spacial score (nSPS) is 10.2.